The molecule has 3 rings (SSSR count). The van der Waals surface area contributed by atoms with Crippen molar-refractivity contribution in [1.29, 1.82) is 5.26 Å². The van der Waals surface area contributed by atoms with E-state index in [-0.39, 0.29) is 24.8 Å². The Kier molecular flexibility index (Phi) is 5.57. The van der Waals surface area contributed by atoms with Crippen LogP contribution in [0.1, 0.15) is 11.1 Å². The van der Waals surface area contributed by atoms with Crippen LogP contribution in [0.15, 0.2) is 66.1 Å². The maximum Gasteiger partial charge on any atom is 0.261 e. The number of rotatable bonds is 6. The maximum absolute atomic E-state index is 12.8. The van der Waals surface area contributed by atoms with Crippen LogP contribution in [0, 0.1) is 11.3 Å². The fraction of sp³-hybridized carbons (Fsp3) is 0.200. The van der Waals surface area contributed by atoms with Gasteiger partial charge in [-0.25, -0.2) is 8.42 Å². The Bertz CT molecular complexity index is 994. The van der Waals surface area contributed by atoms with Crippen LogP contribution in [0.4, 0.5) is 0 Å². The van der Waals surface area contributed by atoms with Crippen molar-refractivity contribution in [3.05, 3.63) is 77.2 Å². The predicted molar refractivity (Wildman–Crippen MR) is 100 cm³/mol. The first-order valence-electron chi connectivity index (χ1n) is 8.35. The maximum atomic E-state index is 12.8. The van der Waals surface area contributed by atoms with Crippen LogP contribution in [0.2, 0.25) is 0 Å². The normalized spacial score (nSPS) is 17.2. The molecule has 0 N–H and O–H groups in total. The van der Waals surface area contributed by atoms with E-state index in [4.69, 9.17) is 10.00 Å². The van der Waals surface area contributed by atoms with Gasteiger partial charge in [0.05, 0.1) is 17.4 Å². The Hall–Kier alpha value is -3.11. The van der Waals surface area contributed by atoms with Gasteiger partial charge in [0.2, 0.25) is 0 Å². The number of sulfone groups is 1. The highest BCUT2D eigenvalue weighted by Gasteiger charge is 2.30. The zero-order chi connectivity index (χ0) is 19.3. The van der Waals surface area contributed by atoms with Crippen LogP contribution < -0.4 is 4.74 Å². The summed E-state index contributed by atoms with van der Waals surface area (Å²) in [5.74, 6) is -0.165. The molecule has 1 atom stereocenters. The Morgan fingerprint density at radius 3 is 2.52 bits per heavy atom. The van der Waals surface area contributed by atoms with E-state index >= 15 is 0 Å². The number of carbonyl (C=O) groups is 1. The van der Waals surface area contributed by atoms with Crippen molar-refractivity contribution < 1.29 is 17.9 Å². The number of hydrogen-bond donors (Lipinski definition) is 0. The average molecular weight is 382 g/mol. The standard InChI is InChI=1S/C20H18N2O4S/c21-12-17-8-4-5-9-19(17)26-14-20(23)22(13-16-6-2-1-3-7-16)18-10-11-27(24,25)15-18/h1-11,18H,13-15H2/t18-/m1/s1. The van der Waals surface area contributed by atoms with Crippen LogP contribution in [0.25, 0.3) is 0 Å². The molecule has 0 aromatic heterocycles. The molecule has 2 aromatic rings. The summed E-state index contributed by atoms with van der Waals surface area (Å²) in [6.07, 6.45) is 1.53. The third-order valence-corrected chi connectivity index (χ3v) is 5.56. The summed E-state index contributed by atoms with van der Waals surface area (Å²) in [7, 11) is -3.30. The fourth-order valence-corrected chi connectivity index (χ4v) is 4.13. The summed E-state index contributed by atoms with van der Waals surface area (Å²) in [6, 6.07) is 17.5. The molecule has 0 radical (unpaired) electrons. The lowest BCUT2D eigenvalue weighted by Crippen LogP contribution is -2.42. The highest BCUT2D eigenvalue weighted by atomic mass is 32.2. The largest absolute Gasteiger partial charge is 0.482 e. The van der Waals surface area contributed by atoms with Crippen molar-refractivity contribution in [2.75, 3.05) is 12.4 Å². The number of nitrogens with zero attached hydrogens (tertiary/aromatic N) is 2. The summed E-state index contributed by atoms with van der Waals surface area (Å²) in [5, 5.41) is 10.3. The Morgan fingerprint density at radius 1 is 1.15 bits per heavy atom. The molecule has 0 saturated heterocycles. The third-order valence-electron chi connectivity index (χ3n) is 4.19. The molecule has 1 heterocycles. The highest BCUT2D eigenvalue weighted by molar-refractivity contribution is 7.94. The van der Waals surface area contributed by atoms with E-state index in [1.807, 2.05) is 36.4 Å². The van der Waals surface area contributed by atoms with Crippen molar-refractivity contribution in [3.8, 4) is 11.8 Å². The lowest BCUT2D eigenvalue weighted by atomic mass is 10.1. The van der Waals surface area contributed by atoms with E-state index < -0.39 is 15.9 Å². The first-order valence-corrected chi connectivity index (χ1v) is 10.1. The Labute approximate surface area is 158 Å². The molecule has 0 bridgehead atoms. The van der Waals surface area contributed by atoms with Gasteiger partial charge in [-0.15, -0.1) is 0 Å². The smallest absolute Gasteiger partial charge is 0.261 e. The lowest BCUT2D eigenvalue weighted by Gasteiger charge is -2.27. The molecule has 6 nitrogen and oxygen atoms in total. The van der Waals surface area contributed by atoms with E-state index in [9.17, 15) is 13.2 Å². The van der Waals surface area contributed by atoms with Crippen LogP contribution in [0.3, 0.4) is 0 Å². The van der Waals surface area contributed by atoms with E-state index in [2.05, 4.69) is 0 Å². The van der Waals surface area contributed by atoms with Gasteiger partial charge in [0.15, 0.2) is 16.4 Å². The highest BCUT2D eigenvalue weighted by Crippen LogP contribution is 2.20. The Balaban J connectivity index is 1.76. The minimum Gasteiger partial charge on any atom is -0.482 e. The molecule has 0 fully saturated rings. The number of benzene rings is 2. The first kappa shape index (κ1) is 18.7. The molecular formula is C20H18N2O4S. The number of nitriles is 1. The summed E-state index contributed by atoms with van der Waals surface area (Å²) in [5.41, 5.74) is 1.23. The fourth-order valence-electron chi connectivity index (χ4n) is 2.83. The van der Waals surface area contributed by atoms with Gasteiger partial charge in [0, 0.05) is 12.0 Å². The monoisotopic (exact) mass is 382 g/mol. The number of ether oxygens (including phenoxy) is 1. The second kappa shape index (κ2) is 8.06. The van der Waals surface area contributed by atoms with Crippen LogP contribution in [0.5, 0.6) is 5.75 Å². The molecule has 0 spiro atoms. The number of hydrogen-bond acceptors (Lipinski definition) is 5. The topological polar surface area (TPSA) is 87.5 Å². The van der Waals surface area contributed by atoms with Crippen LogP contribution >= 0.6 is 0 Å². The number of carbonyl (C=O) groups excluding carboxylic acids is 1. The molecule has 1 aliphatic heterocycles. The van der Waals surface area contributed by atoms with Gasteiger partial charge >= 0.3 is 0 Å². The summed E-state index contributed by atoms with van der Waals surface area (Å²) in [6.45, 7) is -0.0105. The van der Waals surface area contributed by atoms with E-state index in [1.165, 1.54) is 11.0 Å². The molecule has 138 valence electrons. The molecular weight excluding hydrogens is 364 g/mol. The molecule has 1 aliphatic rings. The van der Waals surface area contributed by atoms with E-state index in [1.54, 1.807) is 24.3 Å². The third kappa shape index (κ3) is 4.74. The molecule has 7 heteroatoms. The average Bonchev–Trinajstić information content (AvgIpc) is 3.04. The van der Waals surface area contributed by atoms with Gasteiger partial charge in [-0.3, -0.25) is 4.79 Å². The van der Waals surface area contributed by atoms with Gasteiger partial charge in [0.1, 0.15) is 11.8 Å². The summed E-state index contributed by atoms with van der Waals surface area (Å²) in [4.78, 5) is 14.3. The quantitative estimate of drug-likeness (QED) is 0.765. The van der Waals surface area contributed by atoms with Gasteiger partial charge in [-0.2, -0.15) is 5.26 Å². The van der Waals surface area contributed by atoms with E-state index in [0.29, 0.717) is 11.3 Å². The molecule has 27 heavy (non-hydrogen) atoms. The van der Waals surface area contributed by atoms with Crippen LogP contribution in [-0.4, -0.2) is 37.6 Å². The van der Waals surface area contributed by atoms with Crippen LogP contribution in [-0.2, 0) is 21.2 Å². The molecule has 0 saturated carbocycles. The van der Waals surface area contributed by atoms with Crippen molar-refractivity contribution in [2.24, 2.45) is 0 Å². The molecule has 1 amide bonds. The number of para-hydroxylation sites is 1. The second-order valence-corrected chi connectivity index (χ2v) is 8.06. The van der Waals surface area contributed by atoms with Crippen molar-refractivity contribution in [3.63, 3.8) is 0 Å². The minimum absolute atomic E-state index is 0.139. The van der Waals surface area contributed by atoms with Gasteiger partial charge in [0.25, 0.3) is 5.91 Å². The number of amides is 1. The summed E-state index contributed by atoms with van der Waals surface area (Å²) >= 11 is 0. The van der Waals surface area contributed by atoms with Gasteiger partial charge in [-0.05, 0) is 23.8 Å². The van der Waals surface area contributed by atoms with E-state index in [0.717, 1.165) is 11.0 Å². The SMILES string of the molecule is N#Cc1ccccc1OCC(=O)N(Cc1ccccc1)[C@@H]1C=CS(=O)(=O)C1. The van der Waals surface area contributed by atoms with Crippen molar-refractivity contribution >= 4 is 15.7 Å². The summed E-state index contributed by atoms with van der Waals surface area (Å²) < 4.78 is 29.1. The van der Waals surface area contributed by atoms with Crippen molar-refractivity contribution in [2.45, 2.75) is 12.6 Å². The molecule has 2 aromatic carbocycles. The second-order valence-electron chi connectivity index (χ2n) is 6.13. The molecule has 0 unspecified atom stereocenters. The Morgan fingerprint density at radius 2 is 1.85 bits per heavy atom. The predicted octanol–water partition coefficient (Wildman–Crippen LogP) is 2.28. The van der Waals surface area contributed by atoms with Gasteiger partial charge in [-0.1, -0.05) is 42.5 Å². The molecule has 0 aliphatic carbocycles. The lowest BCUT2D eigenvalue weighted by molar-refractivity contribution is -0.135. The zero-order valence-electron chi connectivity index (χ0n) is 14.5. The minimum atomic E-state index is -3.30. The zero-order valence-corrected chi connectivity index (χ0v) is 15.3. The van der Waals surface area contributed by atoms with Crippen molar-refractivity contribution in [1.82, 2.24) is 4.90 Å². The first-order chi connectivity index (χ1) is 13.0. The van der Waals surface area contributed by atoms with Gasteiger partial charge < -0.3 is 9.64 Å².